The molecular formula is C15H22N2OS. The van der Waals surface area contributed by atoms with Gasteiger partial charge in [-0.3, -0.25) is 4.79 Å². The van der Waals surface area contributed by atoms with Gasteiger partial charge in [0.2, 0.25) is 5.91 Å². The molecule has 0 aliphatic carbocycles. The number of hydrogen-bond acceptors (Lipinski definition) is 2. The lowest BCUT2D eigenvalue weighted by atomic mass is 9.94. The Labute approximate surface area is 120 Å². The molecule has 1 unspecified atom stereocenters. The lowest BCUT2D eigenvalue weighted by molar-refractivity contribution is -0.133. The highest BCUT2D eigenvalue weighted by atomic mass is 32.1. The summed E-state index contributed by atoms with van der Waals surface area (Å²) in [5, 5.41) is 0. The summed E-state index contributed by atoms with van der Waals surface area (Å²) in [6, 6.07) is 8.05. The van der Waals surface area contributed by atoms with Crippen LogP contribution >= 0.6 is 12.2 Å². The second-order valence-electron chi connectivity index (χ2n) is 5.24. The number of thiocarbonyl (C=S) groups is 1. The lowest BCUT2D eigenvalue weighted by Gasteiger charge is -2.26. The maximum absolute atomic E-state index is 12.4. The Morgan fingerprint density at radius 2 is 1.95 bits per heavy atom. The summed E-state index contributed by atoms with van der Waals surface area (Å²) in [6.45, 7) is 6.55. The fourth-order valence-electron chi connectivity index (χ4n) is 2.09. The Morgan fingerprint density at radius 3 is 2.42 bits per heavy atom. The van der Waals surface area contributed by atoms with E-state index < -0.39 is 0 Å². The van der Waals surface area contributed by atoms with Crippen molar-refractivity contribution in [2.45, 2.75) is 27.3 Å². The van der Waals surface area contributed by atoms with Crippen molar-refractivity contribution in [1.82, 2.24) is 4.90 Å². The number of benzene rings is 1. The Bertz CT molecular complexity index is 471. The molecule has 0 aliphatic heterocycles. The zero-order chi connectivity index (χ0) is 14.6. The summed E-state index contributed by atoms with van der Waals surface area (Å²) < 4.78 is 0. The van der Waals surface area contributed by atoms with E-state index in [1.807, 2.05) is 45.0 Å². The molecule has 0 aliphatic rings. The second kappa shape index (κ2) is 6.66. The first-order chi connectivity index (χ1) is 8.84. The van der Waals surface area contributed by atoms with Gasteiger partial charge in [0.05, 0.1) is 10.9 Å². The molecule has 19 heavy (non-hydrogen) atoms. The van der Waals surface area contributed by atoms with Gasteiger partial charge in [-0.1, -0.05) is 50.3 Å². The zero-order valence-corrected chi connectivity index (χ0v) is 12.8. The van der Waals surface area contributed by atoms with Crippen molar-refractivity contribution < 1.29 is 4.79 Å². The van der Waals surface area contributed by atoms with E-state index in [0.717, 1.165) is 5.56 Å². The maximum Gasteiger partial charge on any atom is 0.232 e. The minimum atomic E-state index is -0.385. The van der Waals surface area contributed by atoms with Gasteiger partial charge in [0, 0.05) is 13.6 Å². The maximum atomic E-state index is 12.4. The normalized spacial score (nSPS) is 12.3. The van der Waals surface area contributed by atoms with E-state index in [0.29, 0.717) is 6.54 Å². The molecule has 0 saturated heterocycles. The predicted molar refractivity (Wildman–Crippen MR) is 82.8 cm³/mol. The highest BCUT2D eigenvalue weighted by molar-refractivity contribution is 7.80. The third kappa shape index (κ3) is 4.03. The molecular weight excluding hydrogens is 256 g/mol. The molecule has 104 valence electrons. The average molecular weight is 278 g/mol. The molecule has 0 spiro atoms. The number of nitrogens with two attached hydrogens (primary N) is 1. The Morgan fingerprint density at radius 1 is 1.37 bits per heavy atom. The highest BCUT2D eigenvalue weighted by Crippen LogP contribution is 2.17. The molecule has 3 nitrogen and oxygen atoms in total. The first-order valence-corrected chi connectivity index (χ1v) is 6.84. The summed E-state index contributed by atoms with van der Waals surface area (Å²) in [5.74, 6) is -0.279. The van der Waals surface area contributed by atoms with Crippen LogP contribution in [0.25, 0.3) is 0 Å². The third-order valence-corrected chi connectivity index (χ3v) is 3.54. The van der Waals surface area contributed by atoms with Gasteiger partial charge in [-0.05, 0) is 24.0 Å². The number of amides is 1. The van der Waals surface area contributed by atoms with Crippen molar-refractivity contribution >= 4 is 23.1 Å². The van der Waals surface area contributed by atoms with Gasteiger partial charge in [0.15, 0.2) is 0 Å². The van der Waals surface area contributed by atoms with E-state index in [-0.39, 0.29) is 22.7 Å². The molecule has 1 rings (SSSR count). The quantitative estimate of drug-likeness (QED) is 0.842. The summed E-state index contributed by atoms with van der Waals surface area (Å²) in [5.41, 5.74) is 8.01. The van der Waals surface area contributed by atoms with E-state index in [4.69, 9.17) is 18.0 Å². The molecule has 0 radical (unpaired) electrons. The van der Waals surface area contributed by atoms with Crippen LogP contribution in [-0.4, -0.2) is 22.8 Å². The smallest absolute Gasteiger partial charge is 0.232 e. The molecule has 4 heteroatoms. The van der Waals surface area contributed by atoms with Crippen LogP contribution in [0.15, 0.2) is 24.3 Å². The predicted octanol–water partition coefficient (Wildman–Crippen LogP) is 2.51. The first-order valence-electron chi connectivity index (χ1n) is 6.43. The number of hydrogen-bond donors (Lipinski definition) is 1. The number of rotatable bonds is 5. The van der Waals surface area contributed by atoms with Gasteiger partial charge >= 0.3 is 0 Å². The number of carbonyl (C=O) groups excluding carboxylic acids is 1. The third-order valence-electron chi connectivity index (χ3n) is 3.28. The van der Waals surface area contributed by atoms with Crippen molar-refractivity contribution in [3.8, 4) is 0 Å². The molecule has 0 bridgehead atoms. The van der Waals surface area contributed by atoms with Crippen molar-refractivity contribution in [3.05, 3.63) is 35.4 Å². The van der Waals surface area contributed by atoms with E-state index in [9.17, 15) is 4.79 Å². The Balaban J connectivity index is 2.83. The first kappa shape index (κ1) is 15.6. The minimum absolute atomic E-state index is 0.00856. The van der Waals surface area contributed by atoms with Crippen LogP contribution in [0.1, 0.15) is 25.0 Å². The number of aryl methyl sites for hydroxylation is 1. The van der Waals surface area contributed by atoms with Crippen LogP contribution in [0.5, 0.6) is 0 Å². The van der Waals surface area contributed by atoms with Gasteiger partial charge in [0.25, 0.3) is 0 Å². The monoisotopic (exact) mass is 278 g/mol. The lowest BCUT2D eigenvalue weighted by Crippen LogP contribution is -2.41. The van der Waals surface area contributed by atoms with Crippen LogP contribution in [0.2, 0.25) is 0 Å². The van der Waals surface area contributed by atoms with Crippen molar-refractivity contribution in [2.24, 2.45) is 17.6 Å². The summed E-state index contributed by atoms with van der Waals surface area (Å²) in [6.07, 6.45) is 0. The van der Waals surface area contributed by atoms with Gasteiger partial charge in [-0.25, -0.2) is 0 Å². The fraction of sp³-hybridized carbons (Fsp3) is 0.467. The van der Waals surface area contributed by atoms with Crippen LogP contribution < -0.4 is 5.73 Å². The number of nitrogens with zero attached hydrogens (tertiary/aromatic N) is 1. The molecule has 0 aromatic heterocycles. The van der Waals surface area contributed by atoms with Crippen LogP contribution in [0.3, 0.4) is 0 Å². The van der Waals surface area contributed by atoms with Crippen LogP contribution in [0.4, 0.5) is 0 Å². The van der Waals surface area contributed by atoms with Crippen molar-refractivity contribution in [3.63, 3.8) is 0 Å². The largest absolute Gasteiger partial charge is 0.393 e. The standard InChI is InChI=1S/C15H22N2OS/c1-10(2)13(14(16)19)15(18)17(4)9-12-8-6-5-7-11(12)3/h5-8,10,13H,9H2,1-4H3,(H2,16,19). The fourth-order valence-corrected chi connectivity index (χ4v) is 2.47. The number of carbonyl (C=O) groups is 1. The molecule has 1 amide bonds. The van der Waals surface area contributed by atoms with E-state index in [1.165, 1.54) is 5.56 Å². The van der Waals surface area contributed by atoms with Crippen molar-refractivity contribution in [2.75, 3.05) is 7.05 Å². The highest BCUT2D eigenvalue weighted by Gasteiger charge is 2.27. The average Bonchev–Trinajstić information content (AvgIpc) is 2.31. The van der Waals surface area contributed by atoms with E-state index in [1.54, 1.807) is 11.9 Å². The molecule has 0 fully saturated rings. The molecule has 1 aromatic carbocycles. The van der Waals surface area contributed by atoms with E-state index in [2.05, 4.69) is 0 Å². The van der Waals surface area contributed by atoms with Crippen molar-refractivity contribution in [1.29, 1.82) is 0 Å². The SMILES string of the molecule is Cc1ccccc1CN(C)C(=O)C(C(N)=S)C(C)C. The molecule has 2 N–H and O–H groups in total. The molecule has 0 heterocycles. The topological polar surface area (TPSA) is 46.3 Å². The van der Waals surface area contributed by atoms with Crippen LogP contribution in [-0.2, 0) is 11.3 Å². The van der Waals surface area contributed by atoms with Gasteiger partial charge in [-0.2, -0.15) is 0 Å². The molecule has 1 aromatic rings. The summed E-state index contributed by atoms with van der Waals surface area (Å²) >= 11 is 5.01. The molecule has 0 saturated carbocycles. The Hall–Kier alpha value is -1.42. The zero-order valence-electron chi connectivity index (χ0n) is 12.0. The van der Waals surface area contributed by atoms with Crippen LogP contribution in [0, 0.1) is 18.8 Å². The summed E-state index contributed by atoms with van der Waals surface area (Å²) in [4.78, 5) is 14.4. The minimum Gasteiger partial charge on any atom is -0.393 e. The second-order valence-corrected chi connectivity index (χ2v) is 5.72. The summed E-state index contributed by atoms with van der Waals surface area (Å²) in [7, 11) is 1.79. The molecule has 1 atom stereocenters. The Kier molecular flexibility index (Phi) is 5.48. The van der Waals surface area contributed by atoms with E-state index >= 15 is 0 Å². The van der Waals surface area contributed by atoms with Gasteiger partial charge < -0.3 is 10.6 Å². The van der Waals surface area contributed by atoms with Gasteiger partial charge in [0.1, 0.15) is 0 Å². The van der Waals surface area contributed by atoms with Gasteiger partial charge in [-0.15, -0.1) is 0 Å².